The number of nitrogens with one attached hydrogen (secondary N) is 1. The van der Waals surface area contributed by atoms with Crippen LogP contribution in [0, 0.1) is 5.92 Å². The fourth-order valence-electron chi connectivity index (χ4n) is 4.06. The van der Waals surface area contributed by atoms with Crippen LogP contribution >= 0.6 is 0 Å². The van der Waals surface area contributed by atoms with Crippen LogP contribution in [0.15, 0.2) is 36.7 Å². The summed E-state index contributed by atoms with van der Waals surface area (Å²) in [5.74, 6) is 0.373. The predicted octanol–water partition coefficient (Wildman–Crippen LogP) is 3.61. The van der Waals surface area contributed by atoms with Crippen molar-refractivity contribution in [1.29, 1.82) is 0 Å². The summed E-state index contributed by atoms with van der Waals surface area (Å²) < 4.78 is 38.9. The zero-order valence-corrected chi connectivity index (χ0v) is 16.3. The highest BCUT2D eigenvalue weighted by Gasteiger charge is 2.60. The van der Waals surface area contributed by atoms with Crippen LogP contribution in [0.3, 0.4) is 0 Å². The van der Waals surface area contributed by atoms with Crippen LogP contribution in [0.2, 0.25) is 0 Å². The van der Waals surface area contributed by atoms with Gasteiger partial charge in [0.2, 0.25) is 0 Å². The standard InChI is InChI=1S/C21H20F2N4O3/c1-2-30-16-6-18-26-17(21-7-12(21)10-29-11-21)9-27(18)8-15(16)25-20(28)14-5-3-4-13(24-14)19(22)23/h3-6,8-9,12,19H,2,7,10-11H2,1H3,(H,25,28). The first kappa shape index (κ1) is 18.9. The molecule has 1 saturated heterocycles. The predicted molar refractivity (Wildman–Crippen MR) is 104 cm³/mol. The Labute approximate surface area is 171 Å². The maximum Gasteiger partial charge on any atom is 0.280 e. The Morgan fingerprint density at radius 1 is 1.40 bits per heavy atom. The van der Waals surface area contributed by atoms with Crippen molar-refractivity contribution >= 4 is 17.2 Å². The average Bonchev–Trinajstić information content (AvgIpc) is 3.08. The van der Waals surface area contributed by atoms with Gasteiger partial charge in [0.1, 0.15) is 28.5 Å². The van der Waals surface area contributed by atoms with Crippen molar-refractivity contribution in [3.05, 3.63) is 53.7 Å². The van der Waals surface area contributed by atoms with Crippen molar-refractivity contribution in [2.24, 2.45) is 5.92 Å². The Morgan fingerprint density at radius 2 is 2.27 bits per heavy atom. The van der Waals surface area contributed by atoms with Crippen LogP contribution in [-0.2, 0) is 10.2 Å². The molecule has 2 unspecified atom stereocenters. The number of carbonyl (C=O) groups is 1. The number of aromatic nitrogens is 3. The highest BCUT2D eigenvalue weighted by Crippen LogP contribution is 2.57. The Kier molecular flexibility index (Phi) is 4.43. The number of hydrogen-bond acceptors (Lipinski definition) is 5. The lowest BCUT2D eigenvalue weighted by Gasteiger charge is -2.12. The third kappa shape index (κ3) is 3.09. The van der Waals surface area contributed by atoms with Gasteiger partial charge >= 0.3 is 0 Å². The monoisotopic (exact) mass is 414 g/mol. The number of halogens is 2. The first-order valence-corrected chi connectivity index (χ1v) is 9.80. The molecule has 30 heavy (non-hydrogen) atoms. The molecule has 2 aliphatic rings. The minimum Gasteiger partial charge on any atom is -0.491 e. The quantitative estimate of drug-likeness (QED) is 0.667. The third-order valence-electron chi connectivity index (χ3n) is 5.75. The minimum atomic E-state index is -2.75. The molecule has 156 valence electrons. The van der Waals surface area contributed by atoms with Crippen LogP contribution in [-0.4, -0.2) is 40.1 Å². The molecule has 0 spiro atoms. The number of anilines is 1. The highest BCUT2D eigenvalue weighted by molar-refractivity contribution is 6.03. The number of nitrogens with zero attached hydrogens (tertiary/aromatic N) is 3. The Balaban J connectivity index is 1.47. The van der Waals surface area contributed by atoms with Gasteiger partial charge in [-0.2, -0.15) is 0 Å². The SMILES string of the molecule is CCOc1cc2nc(C34COCC3C4)cn2cc1NC(=O)c1cccc(C(F)F)n1. The molecule has 2 atom stereocenters. The molecule has 1 N–H and O–H groups in total. The van der Waals surface area contributed by atoms with Gasteiger partial charge in [0.15, 0.2) is 0 Å². The summed E-state index contributed by atoms with van der Waals surface area (Å²) >= 11 is 0. The molecule has 0 aromatic carbocycles. The van der Waals surface area contributed by atoms with Crippen molar-refractivity contribution in [2.75, 3.05) is 25.1 Å². The van der Waals surface area contributed by atoms with E-state index >= 15 is 0 Å². The van der Waals surface area contributed by atoms with Crippen LogP contribution in [0.5, 0.6) is 5.75 Å². The molecule has 1 aliphatic heterocycles. The van der Waals surface area contributed by atoms with Crippen molar-refractivity contribution in [1.82, 2.24) is 14.4 Å². The zero-order valence-electron chi connectivity index (χ0n) is 16.3. The molecule has 3 aromatic rings. The number of rotatable bonds is 6. The number of imidazole rings is 1. The third-order valence-corrected chi connectivity index (χ3v) is 5.75. The fraction of sp³-hybridized carbons (Fsp3) is 0.381. The summed E-state index contributed by atoms with van der Waals surface area (Å²) in [6.45, 7) is 3.68. The van der Waals surface area contributed by atoms with Crippen LogP contribution in [0.4, 0.5) is 14.5 Å². The number of alkyl halides is 2. The molecule has 1 aliphatic carbocycles. The topological polar surface area (TPSA) is 77.8 Å². The van der Waals surface area contributed by atoms with Gasteiger partial charge in [-0.1, -0.05) is 6.07 Å². The van der Waals surface area contributed by atoms with Gasteiger partial charge in [-0.25, -0.2) is 18.7 Å². The lowest BCUT2D eigenvalue weighted by molar-refractivity contribution is 0.101. The Hall–Kier alpha value is -3.07. The van der Waals surface area contributed by atoms with Crippen molar-refractivity contribution in [3.8, 4) is 5.75 Å². The number of amides is 1. The molecule has 4 heterocycles. The van der Waals surface area contributed by atoms with Crippen LogP contribution in [0.25, 0.3) is 5.65 Å². The van der Waals surface area contributed by atoms with Gasteiger partial charge in [0, 0.05) is 23.9 Å². The van der Waals surface area contributed by atoms with E-state index in [0.29, 0.717) is 36.2 Å². The van der Waals surface area contributed by atoms with E-state index in [1.54, 1.807) is 12.3 Å². The van der Waals surface area contributed by atoms with Gasteiger partial charge in [-0.3, -0.25) is 4.79 Å². The van der Waals surface area contributed by atoms with E-state index < -0.39 is 18.0 Å². The molecular formula is C21H20F2N4O3. The van der Waals surface area contributed by atoms with Gasteiger partial charge in [0.25, 0.3) is 12.3 Å². The molecule has 3 aromatic heterocycles. The number of carbonyl (C=O) groups excluding carboxylic acids is 1. The van der Waals surface area contributed by atoms with Crippen LogP contribution < -0.4 is 10.1 Å². The fourth-order valence-corrected chi connectivity index (χ4v) is 4.06. The molecule has 0 radical (unpaired) electrons. The van der Waals surface area contributed by atoms with E-state index in [0.717, 1.165) is 18.7 Å². The molecule has 1 amide bonds. The summed E-state index contributed by atoms with van der Waals surface area (Å²) in [6.07, 6.45) is 1.99. The number of fused-ring (bicyclic) bond motifs is 2. The van der Waals surface area contributed by atoms with Gasteiger partial charge in [-0.05, 0) is 31.4 Å². The largest absolute Gasteiger partial charge is 0.491 e. The second-order valence-electron chi connectivity index (χ2n) is 7.65. The van der Waals surface area contributed by atoms with Crippen molar-refractivity contribution < 1.29 is 23.0 Å². The molecule has 0 bridgehead atoms. The van der Waals surface area contributed by atoms with E-state index in [2.05, 4.69) is 10.3 Å². The smallest absolute Gasteiger partial charge is 0.280 e. The second-order valence-corrected chi connectivity index (χ2v) is 7.65. The Morgan fingerprint density at radius 3 is 2.97 bits per heavy atom. The van der Waals surface area contributed by atoms with E-state index in [-0.39, 0.29) is 11.1 Å². The molecule has 7 nitrogen and oxygen atoms in total. The summed E-state index contributed by atoms with van der Waals surface area (Å²) in [7, 11) is 0. The molecule has 1 saturated carbocycles. The Bertz CT molecular complexity index is 1130. The van der Waals surface area contributed by atoms with Gasteiger partial charge in [-0.15, -0.1) is 0 Å². The molecule has 9 heteroatoms. The summed E-state index contributed by atoms with van der Waals surface area (Å²) in [5, 5.41) is 2.72. The average molecular weight is 414 g/mol. The van der Waals surface area contributed by atoms with Gasteiger partial charge < -0.3 is 19.2 Å². The summed E-state index contributed by atoms with van der Waals surface area (Å²) in [6, 6.07) is 5.72. The zero-order chi connectivity index (χ0) is 20.9. The van der Waals surface area contributed by atoms with Crippen molar-refractivity contribution in [2.45, 2.75) is 25.2 Å². The lowest BCUT2D eigenvalue weighted by atomic mass is 10.0. The maximum absolute atomic E-state index is 12.9. The van der Waals surface area contributed by atoms with Gasteiger partial charge in [0.05, 0.1) is 25.5 Å². The minimum absolute atomic E-state index is 0.000833. The number of ether oxygens (including phenoxy) is 2. The lowest BCUT2D eigenvalue weighted by Crippen LogP contribution is -2.16. The van der Waals surface area contributed by atoms with Crippen molar-refractivity contribution in [3.63, 3.8) is 0 Å². The van der Waals surface area contributed by atoms with Crippen LogP contribution in [0.1, 0.15) is 41.6 Å². The number of hydrogen-bond donors (Lipinski definition) is 1. The van der Waals surface area contributed by atoms with E-state index in [4.69, 9.17) is 14.5 Å². The number of pyridine rings is 2. The van der Waals surface area contributed by atoms with E-state index in [9.17, 15) is 13.6 Å². The van der Waals surface area contributed by atoms with E-state index in [1.165, 1.54) is 18.2 Å². The first-order valence-electron chi connectivity index (χ1n) is 9.80. The molecular weight excluding hydrogens is 394 g/mol. The highest BCUT2D eigenvalue weighted by atomic mass is 19.3. The van der Waals surface area contributed by atoms with E-state index in [1.807, 2.05) is 17.5 Å². The second kappa shape index (κ2) is 7.02. The summed E-state index contributed by atoms with van der Waals surface area (Å²) in [4.78, 5) is 21.1. The first-order chi connectivity index (χ1) is 14.5. The normalized spacial score (nSPS) is 22.3. The maximum atomic E-state index is 12.9. The summed E-state index contributed by atoms with van der Waals surface area (Å²) in [5.41, 5.74) is 1.55. The molecule has 2 fully saturated rings. The molecule has 5 rings (SSSR count).